The van der Waals surface area contributed by atoms with Gasteiger partial charge in [0.1, 0.15) is 16.7 Å². The maximum Gasteiger partial charge on any atom is 0.321 e. The molecule has 3 N–H and O–H groups in total. The third-order valence-electron chi connectivity index (χ3n) is 2.19. The van der Waals surface area contributed by atoms with E-state index in [0.717, 1.165) is 0 Å². The number of rotatable bonds is 4. The Bertz CT molecular complexity index is 538. The number of carboxylic acid groups (broad SMARTS) is 1. The molecular weight excluding hydrogens is 246 g/mol. The Labute approximate surface area is 99.0 Å². The van der Waals surface area contributed by atoms with Crippen molar-refractivity contribution in [2.24, 2.45) is 0 Å². The lowest BCUT2D eigenvalue weighted by atomic mass is 10.2. The first-order valence-corrected chi connectivity index (χ1v) is 6.27. The van der Waals surface area contributed by atoms with Gasteiger partial charge in [0, 0.05) is 0 Å². The SMILES string of the molecule is Cc1cccc(S(=O)(=O)N[C@@H](C)C(=O)O)c1O. The maximum absolute atomic E-state index is 11.8. The number of carbonyl (C=O) groups is 1. The average Bonchev–Trinajstić information content (AvgIpc) is 2.21. The second-order valence-corrected chi connectivity index (χ2v) is 5.29. The molecule has 7 heteroatoms. The number of phenols is 1. The Morgan fingerprint density at radius 3 is 2.53 bits per heavy atom. The van der Waals surface area contributed by atoms with Crippen molar-refractivity contribution in [1.29, 1.82) is 0 Å². The minimum Gasteiger partial charge on any atom is -0.506 e. The standard InChI is InChI=1S/C10H13NO5S/c1-6-4-3-5-8(9(6)12)17(15,16)11-7(2)10(13)14/h3-5,7,11-12H,1-2H3,(H,13,14)/t7-/m0/s1. The molecule has 1 aromatic rings. The van der Waals surface area contributed by atoms with Crippen molar-refractivity contribution in [2.75, 3.05) is 0 Å². The Morgan fingerprint density at radius 2 is 2.00 bits per heavy atom. The summed E-state index contributed by atoms with van der Waals surface area (Å²) in [4.78, 5) is 10.2. The highest BCUT2D eigenvalue weighted by atomic mass is 32.2. The highest BCUT2D eigenvalue weighted by molar-refractivity contribution is 7.89. The third-order valence-corrected chi connectivity index (χ3v) is 3.76. The first-order chi connectivity index (χ1) is 7.75. The maximum atomic E-state index is 11.8. The summed E-state index contributed by atoms with van der Waals surface area (Å²) < 4.78 is 25.5. The predicted molar refractivity (Wildman–Crippen MR) is 60.3 cm³/mol. The lowest BCUT2D eigenvalue weighted by molar-refractivity contribution is -0.138. The number of phenolic OH excluding ortho intramolecular Hbond substituents is 1. The molecule has 0 unspecified atom stereocenters. The Morgan fingerprint density at radius 1 is 1.41 bits per heavy atom. The fourth-order valence-corrected chi connectivity index (χ4v) is 2.56. The van der Waals surface area contributed by atoms with Gasteiger partial charge in [-0.1, -0.05) is 12.1 Å². The summed E-state index contributed by atoms with van der Waals surface area (Å²) in [6.45, 7) is 2.75. The van der Waals surface area contributed by atoms with Crippen LogP contribution in [-0.2, 0) is 14.8 Å². The number of hydrogen-bond acceptors (Lipinski definition) is 4. The molecule has 94 valence electrons. The van der Waals surface area contributed by atoms with Crippen LogP contribution in [0.4, 0.5) is 0 Å². The summed E-state index contributed by atoms with van der Waals surface area (Å²) in [6.07, 6.45) is 0. The van der Waals surface area contributed by atoms with E-state index in [2.05, 4.69) is 0 Å². The van der Waals surface area contributed by atoms with Crippen LogP contribution in [0.15, 0.2) is 23.1 Å². The largest absolute Gasteiger partial charge is 0.506 e. The quantitative estimate of drug-likeness (QED) is 0.728. The molecule has 0 amide bonds. The fourth-order valence-electron chi connectivity index (χ4n) is 1.20. The van der Waals surface area contributed by atoms with E-state index in [1.807, 2.05) is 4.72 Å². The second-order valence-electron chi connectivity index (χ2n) is 3.60. The van der Waals surface area contributed by atoms with Crippen molar-refractivity contribution < 1.29 is 23.4 Å². The molecule has 1 aromatic carbocycles. The molecule has 0 aromatic heterocycles. The van der Waals surface area contributed by atoms with Crippen LogP contribution in [0.25, 0.3) is 0 Å². The number of sulfonamides is 1. The predicted octanol–water partition coefficient (Wildman–Crippen LogP) is 0.452. The van der Waals surface area contributed by atoms with Crippen LogP contribution in [0, 0.1) is 6.92 Å². The molecule has 0 bridgehead atoms. The lowest BCUT2D eigenvalue weighted by Crippen LogP contribution is -2.38. The number of hydrogen-bond donors (Lipinski definition) is 3. The van der Waals surface area contributed by atoms with Gasteiger partial charge in [-0.25, -0.2) is 8.42 Å². The first-order valence-electron chi connectivity index (χ1n) is 4.79. The average molecular weight is 259 g/mol. The minimum atomic E-state index is -4.04. The van der Waals surface area contributed by atoms with Crippen LogP contribution in [0.1, 0.15) is 12.5 Å². The van der Waals surface area contributed by atoms with Crippen molar-refractivity contribution >= 4 is 16.0 Å². The molecule has 17 heavy (non-hydrogen) atoms. The molecule has 1 atom stereocenters. The zero-order valence-corrected chi connectivity index (χ0v) is 10.2. The van der Waals surface area contributed by atoms with Gasteiger partial charge >= 0.3 is 5.97 Å². The molecule has 0 aliphatic carbocycles. The van der Waals surface area contributed by atoms with Crippen molar-refractivity contribution in [3.63, 3.8) is 0 Å². The van der Waals surface area contributed by atoms with Crippen LogP contribution < -0.4 is 4.72 Å². The van der Waals surface area contributed by atoms with Crippen LogP contribution in [0.2, 0.25) is 0 Å². The number of carboxylic acids is 1. The highest BCUT2D eigenvalue weighted by Crippen LogP contribution is 2.25. The smallest absolute Gasteiger partial charge is 0.321 e. The molecule has 1 rings (SSSR count). The van der Waals surface area contributed by atoms with E-state index in [-0.39, 0.29) is 10.6 Å². The molecule has 0 saturated carbocycles. The highest BCUT2D eigenvalue weighted by Gasteiger charge is 2.24. The van der Waals surface area contributed by atoms with Gasteiger partial charge in [0.15, 0.2) is 0 Å². The van der Waals surface area contributed by atoms with Crippen molar-refractivity contribution in [3.8, 4) is 5.75 Å². The van der Waals surface area contributed by atoms with Gasteiger partial charge < -0.3 is 10.2 Å². The third kappa shape index (κ3) is 2.95. The van der Waals surface area contributed by atoms with Crippen molar-refractivity contribution in [1.82, 2.24) is 4.72 Å². The lowest BCUT2D eigenvalue weighted by Gasteiger charge is -2.12. The normalized spacial score (nSPS) is 13.3. The summed E-state index contributed by atoms with van der Waals surface area (Å²) in [5.74, 6) is -1.67. The summed E-state index contributed by atoms with van der Waals surface area (Å²) in [5, 5.41) is 18.2. The van der Waals surface area contributed by atoms with Crippen LogP contribution in [0.5, 0.6) is 5.75 Å². The Hall–Kier alpha value is -1.60. The molecule has 0 saturated heterocycles. The van der Waals surface area contributed by atoms with Gasteiger partial charge in [-0.3, -0.25) is 4.79 Å². The molecule has 0 fully saturated rings. The number of aryl methyl sites for hydroxylation is 1. The number of nitrogens with one attached hydrogen (secondary N) is 1. The van der Waals surface area contributed by atoms with Gasteiger partial charge in [-0.05, 0) is 25.5 Å². The molecule has 0 aliphatic heterocycles. The van der Waals surface area contributed by atoms with Gasteiger partial charge in [0.05, 0.1) is 0 Å². The van der Waals surface area contributed by atoms with Crippen LogP contribution in [-0.4, -0.2) is 30.6 Å². The molecule has 0 spiro atoms. The number of para-hydroxylation sites is 1. The van der Waals surface area contributed by atoms with E-state index in [0.29, 0.717) is 5.56 Å². The van der Waals surface area contributed by atoms with E-state index in [1.54, 1.807) is 13.0 Å². The van der Waals surface area contributed by atoms with Crippen LogP contribution in [0.3, 0.4) is 0 Å². The van der Waals surface area contributed by atoms with Crippen molar-refractivity contribution in [2.45, 2.75) is 24.8 Å². The monoisotopic (exact) mass is 259 g/mol. The summed E-state index contributed by atoms with van der Waals surface area (Å²) in [7, 11) is -4.04. The summed E-state index contributed by atoms with van der Waals surface area (Å²) >= 11 is 0. The second kappa shape index (κ2) is 4.72. The first kappa shape index (κ1) is 13.5. The van der Waals surface area contributed by atoms with E-state index in [9.17, 15) is 18.3 Å². The van der Waals surface area contributed by atoms with E-state index in [1.165, 1.54) is 19.1 Å². The van der Waals surface area contributed by atoms with Crippen molar-refractivity contribution in [3.05, 3.63) is 23.8 Å². The molecule has 0 heterocycles. The van der Waals surface area contributed by atoms with Gasteiger partial charge in [-0.2, -0.15) is 4.72 Å². The molecule has 0 aliphatic rings. The topological polar surface area (TPSA) is 104 Å². The fraction of sp³-hybridized carbons (Fsp3) is 0.300. The number of aromatic hydroxyl groups is 1. The van der Waals surface area contributed by atoms with Crippen LogP contribution >= 0.6 is 0 Å². The van der Waals surface area contributed by atoms with E-state index < -0.39 is 22.0 Å². The minimum absolute atomic E-state index is 0.328. The summed E-state index contributed by atoms with van der Waals surface area (Å²) in [5.41, 5.74) is 0.399. The van der Waals surface area contributed by atoms with Gasteiger partial charge in [-0.15, -0.1) is 0 Å². The zero-order chi connectivity index (χ0) is 13.2. The number of aliphatic carboxylic acids is 1. The van der Waals surface area contributed by atoms with E-state index >= 15 is 0 Å². The summed E-state index contributed by atoms with van der Waals surface area (Å²) in [6, 6.07) is 2.96. The van der Waals surface area contributed by atoms with Gasteiger partial charge in [0.25, 0.3) is 0 Å². The van der Waals surface area contributed by atoms with E-state index in [4.69, 9.17) is 5.11 Å². The molecule has 0 radical (unpaired) electrons. The molecular formula is C10H13NO5S. The Kier molecular flexibility index (Phi) is 3.74. The Balaban J connectivity index is 3.14. The number of benzene rings is 1. The molecule has 6 nitrogen and oxygen atoms in total. The van der Waals surface area contributed by atoms with Gasteiger partial charge in [0.2, 0.25) is 10.0 Å². The zero-order valence-electron chi connectivity index (χ0n) is 9.34.